The van der Waals surface area contributed by atoms with Gasteiger partial charge in [-0.05, 0) is 58.6 Å². The topological polar surface area (TPSA) is 29.1 Å². The maximum atomic E-state index is 12.1. The minimum absolute atomic E-state index is 0.0780. The largest absolute Gasteiger partial charge is 0.325 e. The Balaban J connectivity index is 2.15. The number of carbonyl (C=O) groups is 1. The smallest absolute Gasteiger partial charge is 0.228 e. The van der Waals surface area contributed by atoms with Gasteiger partial charge >= 0.3 is 0 Å². The molecular weight excluding hydrogens is 338 g/mol. The molecule has 0 aliphatic heterocycles. The summed E-state index contributed by atoms with van der Waals surface area (Å²) in [7, 11) is 0. The Morgan fingerprint density at radius 1 is 1.25 bits per heavy atom. The fourth-order valence-electron chi connectivity index (χ4n) is 2.07. The van der Waals surface area contributed by atoms with Crippen LogP contribution >= 0.6 is 27.5 Å². The Morgan fingerprint density at radius 3 is 2.60 bits per heavy atom. The third kappa shape index (κ3) is 3.62. The van der Waals surface area contributed by atoms with Crippen molar-refractivity contribution in [1.29, 1.82) is 0 Å². The number of anilines is 1. The van der Waals surface area contributed by atoms with Gasteiger partial charge in [0.2, 0.25) is 5.91 Å². The van der Waals surface area contributed by atoms with E-state index in [4.69, 9.17) is 11.6 Å². The van der Waals surface area contributed by atoms with E-state index in [0.29, 0.717) is 5.02 Å². The second-order valence-electron chi connectivity index (χ2n) is 4.76. The standard InChI is InChI=1S/C16H15BrClNO/c1-10-7-11(2)16(13(17)8-10)19-15(20)9-12-5-3-4-6-14(12)18/h3-8H,9H2,1-2H3,(H,19,20). The molecule has 1 N–H and O–H groups in total. The summed E-state index contributed by atoms with van der Waals surface area (Å²) < 4.78 is 0.891. The first kappa shape index (κ1) is 15.1. The second kappa shape index (κ2) is 6.42. The van der Waals surface area contributed by atoms with Crippen molar-refractivity contribution >= 4 is 39.1 Å². The zero-order valence-corrected chi connectivity index (χ0v) is 13.7. The molecule has 0 atom stereocenters. The minimum atomic E-state index is -0.0780. The van der Waals surface area contributed by atoms with Crippen molar-refractivity contribution in [2.75, 3.05) is 5.32 Å². The van der Waals surface area contributed by atoms with E-state index in [1.807, 2.05) is 44.2 Å². The number of halogens is 2. The number of aryl methyl sites for hydroxylation is 2. The summed E-state index contributed by atoms with van der Waals surface area (Å²) in [4.78, 5) is 12.1. The Labute approximate surface area is 132 Å². The van der Waals surface area contributed by atoms with E-state index in [0.717, 1.165) is 26.9 Å². The molecule has 0 fully saturated rings. The number of benzene rings is 2. The molecule has 0 saturated heterocycles. The second-order valence-corrected chi connectivity index (χ2v) is 6.02. The van der Waals surface area contributed by atoms with Crippen LogP contribution in [0.25, 0.3) is 0 Å². The molecular formula is C16H15BrClNO. The molecule has 0 heterocycles. The number of amides is 1. The van der Waals surface area contributed by atoms with E-state index in [9.17, 15) is 4.79 Å². The lowest BCUT2D eigenvalue weighted by atomic mass is 10.1. The molecule has 0 aromatic heterocycles. The normalized spacial score (nSPS) is 10.4. The third-order valence-corrected chi connectivity index (χ3v) is 4.00. The molecule has 0 radical (unpaired) electrons. The van der Waals surface area contributed by atoms with Crippen LogP contribution in [0.3, 0.4) is 0 Å². The van der Waals surface area contributed by atoms with Crippen LogP contribution in [0.1, 0.15) is 16.7 Å². The summed E-state index contributed by atoms with van der Waals surface area (Å²) in [5, 5.41) is 3.55. The van der Waals surface area contributed by atoms with Crippen molar-refractivity contribution in [2.45, 2.75) is 20.3 Å². The van der Waals surface area contributed by atoms with Gasteiger partial charge in [-0.3, -0.25) is 4.79 Å². The van der Waals surface area contributed by atoms with Crippen molar-refractivity contribution in [3.63, 3.8) is 0 Å². The van der Waals surface area contributed by atoms with Crippen molar-refractivity contribution in [3.8, 4) is 0 Å². The number of carbonyl (C=O) groups excluding carboxylic acids is 1. The molecule has 2 nitrogen and oxygen atoms in total. The van der Waals surface area contributed by atoms with Crippen molar-refractivity contribution in [1.82, 2.24) is 0 Å². The van der Waals surface area contributed by atoms with Gasteiger partial charge in [-0.1, -0.05) is 35.9 Å². The van der Waals surface area contributed by atoms with Gasteiger partial charge in [0.1, 0.15) is 0 Å². The fourth-order valence-corrected chi connectivity index (χ4v) is 3.05. The van der Waals surface area contributed by atoms with Gasteiger partial charge in [-0.15, -0.1) is 0 Å². The molecule has 0 unspecified atom stereocenters. The van der Waals surface area contributed by atoms with Crippen molar-refractivity contribution in [3.05, 3.63) is 62.6 Å². The molecule has 2 aromatic carbocycles. The summed E-state index contributed by atoms with van der Waals surface area (Å²) in [5.41, 5.74) is 3.82. The molecule has 104 valence electrons. The van der Waals surface area contributed by atoms with Gasteiger partial charge in [-0.2, -0.15) is 0 Å². The van der Waals surface area contributed by atoms with Crippen LogP contribution < -0.4 is 5.32 Å². The Hall–Kier alpha value is -1.32. The van der Waals surface area contributed by atoms with Crippen LogP contribution in [-0.4, -0.2) is 5.91 Å². The van der Waals surface area contributed by atoms with Gasteiger partial charge in [0.25, 0.3) is 0 Å². The highest BCUT2D eigenvalue weighted by Gasteiger charge is 2.11. The summed E-state index contributed by atoms with van der Waals surface area (Å²) in [6, 6.07) is 11.4. The quantitative estimate of drug-likeness (QED) is 0.836. The predicted molar refractivity (Wildman–Crippen MR) is 87.4 cm³/mol. The van der Waals surface area contributed by atoms with Crippen LogP contribution in [0.4, 0.5) is 5.69 Å². The number of hydrogen-bond donors (Lipinski definition) is 1. The first-order chi connectivity index (χ1) is 9.47. The van der Waals surface area contributed by atoms with Crippen LogP contribution in [-0.2, 0) is 11.2 Å². The maximum absolute atomic E-state index is 12.1. The Bertz CT molecular complexity index is 632. The van der Waals surface area contributed by atoms with Crippen LogP contribution in [0, 0.1) is 13.8 Å². The van der Waals surface area contributed by atoms with E-state index in [-0.39, 0.29) is 12.3 Å². The zero-order chi connectivity index (χ0) is 14.7. The minimum Gasteiger partial charge on any atom is -0.325 e. The van der Waals surface area contributed by atoms with Crippen molar-refractivity contribution in [2.24, 2.45) is 0 Å². The number of hydrogen-bond acceptors (Lipinski definition) is 1. The molecule has 1 amide bonds. The number of nitrogens with one attached hydrogen (secondary N) is 1. The summed E-state index contributed by atoms with van der Waals surface area (Å²) in [5.74, 6) is -0.0780. The highest BCUT2D eigenvalue weighted by molar-refractivity contribution is 9.10. The molecule has 0 spiro atoms. The van der Waals surface area contributed by atoms with Gasteiger partial charge in [0, 0.05) is 9.50 Å². The zero-order valence-electron chi connectivity index (χ0n) is 11.3. The molecule has 0 aliphatic carbocycles. The molecule has 4 heteroatoms. The molecule has 2 aromatic rings. The average molecular weight is 353 g/mol. The van der Waals surface area contributed by atoms with Gasteiger partial charge < -0.3 is 5.32 Å². The van der Waals surface area contributed by atoms with Crippen LogP contribution in [0.5, 0.6) is 0 Å². The van der Waals surface area contributed by atoms with E-state index >= 15 is 0 Å². The van der Waals surface area contributed by atoms with Crippen LogP contribution in [0.2, 0.25) is 5.02 Å². The lowest BCUT2D eigenvalue weighted by Gasteiger charge is -2.12. The van der Waals surface area contributed by atoms with E-state index in [1.54, 1.807) is 6.07 Å². The van der Waals surface area contributed by atoms with Gasteiger partial charge in [-0.25, -0.2) is 0 Å². The summed E-state index contributed by atoms with van der Waals surface area (Å²) in [6.07, 6.45) is 0.263. The van der Waals surface area contributed by atoms with Gasteiger partial charge in [0.15, 0.2) is 0 Å². The first-order valence-corrected chi connectivity index (χ1v) is 7.44. The number of rotatable bonds is 3. The fraction of sp³-hybridized carbons (Fsp3) is 0.188. The average Bonchev–Trinajstić information content (AvgIpc) is 2.36. The molecule has 0 saturated carbocycles. The highest BCUT2D eigenvalue weighted by atomic mass is 79.9. The molecule has 0 aliphatic rings. The molecule has 20 heavy (non-hydrogen) atoms. The van der Waals surface area contributed by atoms with E-state index in [2.05, 4.69) is 21.2 Å². The maximum Gasteiger partial charge on any atom is 0.228 e. The third-order valence-electron chi connectivity index (χ3n) is 3.01. The van der Waals surface area contributed by atoms with E-state index in [1.165, 1.54) is 0 Å². The monoisotopic (exact) mass is 351 g/mol. The van der Waals surface area contributed by atoms with E-state index < -0.39 is 0 Å². The molecule has 0 bridgehead atoms. The SMILES string of the molecule is Cc1cc(C)c(NC(=O)Cc2ccccc2Cl)c(Br)c1. The lowest BCUT2D eigenvalue weighted by Crippen LogP contribution is -2.16. The molecule has 2 rings (SSSR count). The predicted octanol–water partition coefficient (Wildman–Crippen LogP) is 4.90. The van der Waals surface area contributed by atoms with Crippen molar-refractivity contribution < 1.29 is 4.79 Å². The highest BCUT2D eigenvalue weighted by Crippen LogP contribution is 2.28. The first-order valence-electron chi connectivity index (χ1n) is 6.27. The Kier molecular flexibility index (Phi) is 4.84. The van der Waals surface area contributed by atoms with Crippen LogP contribution in [0.15, 0.2) is 40.9 Å². The summed E-state index contributed by atoms with van der Waals surface area (Å²) >= 11 is 9.55. The lowest BCUT2D eigenvalue weighted by molar-refractivity contribution is -0.115. The Morgan fingerprint density at radius 2 is 1.95 bits per heavy atom. The van der Waals surface area contributed by atoms with Gasteiger partial charge in [0.05, 0.1) is 12.1 Å². The summed E-state index contributed by atoms with van der Waals surface area (Å²) in [6.45, 7) is 4.00.